The van der Waals surface area contributed by atoms with Crippen LogP contribution in [0.15, 0.2) is 53.4 Å². The maximum Gasteiger partial charge on any atom is 0.136 e. The number of nitrogens with two attached hydrogens (primary N) is 1. The van der Waals surface area contributed by atoms with E-state index in [2.05, 4.69) is 24.3 Å². The van der Waals surface area contributed by atoms with Crippen LogP contribution in [0.1, 0.15) is 23.5 Å². The predicted octanol–water partition coefficient (Wildman–Crippen LogP) is 3.98. The van der Waals surface area contributed by atoms with Crippen LogP contribution in [-0.2, 0) is 6.42 Å². The third kappa shape index (κ3) is 2.89. The van der Waals surface area contributed by atoms with Crippen molar-refractivity contribution in [2.75, 3.05) is 5.75 Å². The molecule has 104 valence electrons. The van der Waals surface area contributed by atoms with Gasteiger partial charge in [0, 0.05) is 16.7 Å². The normalized spacial score (nSPS) is 18.2. The molecule has 3 rings (SSSR count). The van der Waals surface area contributed by atoms with Gasteiger partial charge in [0.1, 0.15) is 5.82 Å². The third-order valence-electron chi connectivity index (χ3n) is 3.84. The van der Waals surface area contributed by atoms with E-state index in [0.717, 1.165) is 18.6 Å². The van der Waals surface area contributed by atoms with Gasteiger partial charge in [0.15, 0.2) is 0 Å². The smallest absolute Gasteiger partial charge is 0.136 e. The quantitative estimate of drug-likeness (QED) is 0.842. The number of halogens is 1. The molecule has 0 saturated heterocycles. The Morgan fingerprint density at radius 2 is 1.90 bits per heavy atom. The highest BCUT2D eigenvalue weighted by molar-refractivity contribution is 7.99. The van der Waals surface area contributed by atoms with E-state index in [1.165, 1.54) is 29.0 Å². The SMILES string of the molecule is NC(CSc1ccccc1F)CC1Cc2ccccc21. The van der Waals surface area contributed by atoms with Gasteiger partial charge in [-0.1, -0.05) is 36.4 Å². The molecule has 0 heterocycles. The third-order valence-corrected chi connectivity index (χ3v) is 5.07. The number of rotatable bonds is 5. The first-order chi connectivity index (χ1) is 9.74. The van der Waals surface area contributed by atoms with Gasteiger partial charge in [0.25, 0.3) is 0 Å². The zero-order valence-corrected chi connectivity index (χ0v) is 12.1. The van der Waals surface area contributed by atoms with Crippen LogP contribution in [0.5, 0.6) is 0 Å². The van der Waals surface area contributed by atoms with Crippen molar-refractivity contribution in [3.05, 3.63) is 65.5 Å². The molecule has 1 nitrogen and oxygen atoms in total. The fourth-order valence-corrected chi connectivity index (χ4v) is 3.68. The second-order valence-corrected chi connectivity index (χ2v) is 6.40. The number of benzene rings is 2. The molecular weight excluding hydrogens is 269 g/mol. The van der Waals surface area contributed by atoms with E-state index in [-0.39, 0.29) is 11.9 Å². The lowest BCUT2D eigenvalue weighted by molar-refractivity contribution is 0.510. The highest BCUT2D eigenvalue weighted by Crippen LogP contribution is 2.38. The predicted molar refractivity (Wildman–Crippen MR) is 82.6 cm³/mol. The highest BCUT2D eigenvalue weighted by atomic mass is 32.2. The van der Waals surface area contributed by atoms with Crippen molar-refractivity contribution in [3.8, 4) is 0 Å². The van der Waals surface area contributed by atoms with Crippen molar-refractivity contribution in [3.63, 3.8) is 0 Å². The zero-order valence-electron chi connectivity index (χ0n) is 11.3. The Hall–Kier alpha value is -1.32. The lowest BCUT2D eigenvalue weighted by atomic mass is 9.75. The van der Waals surface area contributed by atoms with Gasteiger partial charge in [0.2, 0.25) is 0 Å². The van der Waals surface area contributed by atoms with E-state index < -0.39 is 0 Å². The summed E-state index contributed by atoms with van der Waals surface area (Å²) >= 11 is 1.51. The maximum absolute atomic E-state index is 13.5. The lowest BCUT2D eigenvalue weighted by Gasteiger charge is -2.32. The monoisotopic (exact) mass is 287 g/mol. The average molecular weight is 287 g/mol. The van der Waals surface area contributed by atoms with Crippen molar-refractivity contribution < 1.29 is 4.39 Å². The minimum Gasteiger partial charge on any atom is -0.327 e. The second-order valence-electron chi connectivity index (χ2n) is 5.34. The lowest BCUT2D eigenvalue weighted by Crippen LogP contribution is -2.29. The molecule has 0 bridgehead atoms. The molecule has 0 spiro atoms. The van der Waals surface area contributed by atoms with Gasteiger partial charge in [0.05, 0.1) is 0 Å². The summed E-state index contributed by atoms with van der Waals surface area (Å²) in [6, 6.07) is 15.5. The van der Waals surface area contributed by atoms with Crippen molar-refractivity contribution in [2.24, 2.45) is 5.73 Å². The van der Waals surface area contributed by atoms with Crippen molar-refractivity contribution in [1.29, 1.82) is 0 Å². The van der Waals surface area contributed by atoms with Crippen LogP contribution in [0.25, 0.3) is 0 Å². The topological polar surface area (TPSA) is 26.0 Å². The van der Waals surface area contributed by atoms with E-state index in [4.69, 9.17) is 5.73 Å². The summed E-state index contributed by atoms with van der Waals surface area (Å²) in [5.41, 5.74) is 9.09. The molecule has 2 N–H and O–H groups in total. The molecule has 2 atom stereocenters. The fourth-order valence-electron chi connectivity index (χ4n) is 2.77. The van der Waals surface area contributed by atoms with Crippen molar-refractivity contribution in [2.45, 2.75) is 29.7 Å². The van der Waals surface area contributed by atoms with Crippen LogP contribution in [0.4, 0.5) is 4.39 Å². The van der Waals surface area contributed by atoms with Crippen LogP contribution in [-0.4, -0.2) is 11.8 Å². The molecule has 0 radical (unpaired) electrons. The van der Waals surface area contributed by atoms with Crippen LogP contribution < -0.4 is 5.73 Å². The minimum atomic E-state index is -0.154. The number of hydrogen-bond acceptors (Lipinski definition) is 2. The van der Waals surface area contributed by atoms with E-state index in [0.29, 0.717) is 10.8 Å². The Balaban J connectivity index is 1.52. The zero-order chi connectivity index (χ0) is 13.9. The standard InChI is InChI=1S/C17H18FNS/c18-16-7-3-4-8-17(16)20-11-14(19)10-13-9-12-5-1-2-6-15(12)13/h1-8,13-14H,9-11,19H2. The molecule has 0 saturated carbocycles. The van der Waals surface area contributed by atoms with Crippen molar-refractivity contribution >= 4 is 11.8 Å². The number of hydrogen-bond donors (Lipinski definition) is 1. The first-order valence-electron chi connectivity index (χ1n) is 6.95. The second kappa shape index (κ2) is 5.98. The summed E-state index contributed by atoms with van der Waals surface area (Å²) in [5.74, 6) is 1.20. The van der Waals surface area contributed by atoms with E-state index in [1.54, 1.807) is 6.07 Å². The van der Waals surface area contributed by atoms with Gasteiger partial charge < -0.3 is 5.73 Å². The molecule has 1 aliphatic rings. The molecule has 3 heteroatoms. The van der Waals surface area contributed by atoms with Gasteiger partial charge >= 0.3 is 0 Å². The highest BCUT2D eigenvalue weighted by Gasteiger charge is 2.26. The van der Waals surface area contributed by atoms with Gasteiger partial charge in [-0.05, 0) is 42.0 Å². The summed E-state index contributed by atoms with van der Waals surface area (Å²) in [7, 11) is 0. The summed E-state index contributed by atoms with van der Waals surface area (Å²) in [6.07, 6.45) is 2.12. The van der Waals surface area contributed by atoms with Crippen LogP contribution in [0, 0.1) is 5.82 Å². The summed E-state index contributed by atoms with van der Waals surface area (Å²) in [4.78, 5) is 0.692. The van der Waals surface area contributed by atoms with Gasteiger partial charge in [-0.25, -0.2) is 4.39 Å². The van der Waals surface area contributed by atoms with Crippen molar-refractivity contribution in [1.82, 2.24) is 0 Å². The first kappa shape index (κ1) is 13.7. The van der Waals surface area contributed by atoms with Gasteiger partial charge in [-0.2, -0.15) is 0 Å². The Morgan fingerprint density at radius 3 is 2.70 bits per heavy atom. The van der Waals surface area contributed by atoms with Crippen LogP contribution >= 0.6 is 11.8 Å². The Labute approximate surface area is 123 Å². The summed E-state index contributed by atoms with van der Waals surface area (Å²) in [5, 5.41) is 0. The van der Waals surface area contributed by atoms with Crippen LogP contribution in [0.3, 0.4) is 0 Å². The molecule has 1 aliphatic carbocycles. The number of fused-ring (bicyclic) bond motifs is 1. The maximum atomic E-state index is 13.5. The average Bonchev–Trinajstić information content (AvgIpc) is 2.44. The van der Waals surface area contributed by atoms with E-state index in [1.807, 2.05) is 12.1 Å². The first-order valence-corrected chi connectivity index (χ1v) is 7.93. The van der Waals surface area contributed by atoms with Crippen LogP contribution in [0.2, 0.25) is 0 Å². The Kier molecular flexibility index (Phi) is 4.08. The fraction of sp³-hybridized carbons (Fsp3) is 0.294. The van der Waals surface area contributed by atoms with E-state index >= 15 is 0 Å². The molecule has 2 aromatic rings. The molecule has 0 fully saturated rings. The Bertz CT molecular complexity index is 599. The molecule has 0 amide bonds. The molecular formula is C17H18FNS. The molecule has 20 heavy (non-hydrogen) atoms. The molecule has 0 aliphatic heterocycles. The Morgan fingerprint density at radius 1 is 1.15 bits per heavy atom. The molecule has 2 unspecified atom stereocenters. The largest absolute Gasteiger partial charge is 0.327 e. The minimum absolute atomic E-state index is 0.109. The van der Waals surface area contributed by atoms with Gasteiger partial charge in [-0.3, -0.25) is 0 Å². The summed E-state index contributed by atoms with van der Waals surface area (Å²) in [6.45, 7) is 0. The van der Waals surface area contributed by atoms with Gasteiger partial charge in [-0.15, -0.1) is 11.8 Å². The van der Waals surface area contributed by atoms with E-state index in [9.17, 15) is 4.39 Å². The molecule has 2 aromatic carbocycles. The molecule has 0 aromatic heterocycles. The summed E-state index contributed by atoms with van der Waals surface area (Å²) < 4.78 is 13.5. The number of thioether (sulfide) groups is 1.